The molecule has 10 heteroatoms. The smallest absolute Gasteiger partial charge is 0.338 e. The highest BCUT2D eigenvalue weighted by Gasteiger charge is 2.17. The molecule has 2 aromatic carbocycles. The summed E-state index contributed by atoms with van der Waals surface area (Å²) in [5.41, 5.74) is 1.94. The number of amides is 3. The average molecular weight is 487 g/mol. The topological polar surface area (TPSA) is 109 Å². The number of nitrogens with zero attached hydrogens (tertiary/aromatic N) is 1. The van der Waals surface area contributed by atoms with Crippen LogP contribution in [0.5, 0.6) is 0 Å². The number of hydrogen-bond acceptors (Lipinski definition) is 6. The van der Waals surface area contributed by atoms with Crippen LogP contribution in [0.15, 0.2) is 48.5 Å². The number of anilines is 3. The van der Waals surface area contributed by atoms with Gasteiger partial charge in [-0.1, -0.05) is 42.3 Å². The number of thiazole rings is 1. The molecule has 0 aliphatic carbocycles. The fraction of sp³-hybridized carbons (Fsp3) is 0.217. The fourth-order valence-electron chi connectivity index (χ4n) is 2.76. The van der Waals surface area contributed by atoms with Crippen molar-refractivity contribution in [3.8, 4) is 0 Å². The third-order valence-corrected chi connectivity index (χ3v) is 5.72. The van der Waals surface area contributed by atoms with Crippen LogP contribution in [0.25, 0.3) is 0 Å². The second-order valence-electron chi connectivity index (χ2n) is 7.04. The Kier molecular flexibility index (Phi) is 8.39. The molecule has 3 rings (SSSR count). The molecule has 3 N–H and O–H groups in total. The lowest BCUT2D eigenvalue weighted by Crippen LogP contribution is -2.19. The van der Waals surface area contributed by atoms with E-state index in [4.69, 9.17) is 16.3 Å². The molecule has 172 valence electrons. The van der Waals surface area contributed by atoms with Crippen molar-refractivity contribution in [2.45, 2.75) is 26.7 Å². The average Bonchev–Trinajstić information content (AvgIpc) is 3.14. The van der Waals surface area contributed by atoms with Crippen molar-refractivity contribution in [1.29, 1.82) is 0 Å². The maximum absolute atomic E-state index is 12.7. The van der Waals surface area contributed by atoms with E-state index in [1.54, 1.807) is 55.5 Å². The summed E-state index contributed by atoms with van der Waals surface area (Å²) in [6.07, 6.45) is 1.76. The second kappa shape index (κ2) is 11.4. The number of carbonyl (C=O) groups is 3. The van der Waals surface area contributed by atoms with Crippen LogP contribution >= 0.6 is 22.9 Å². The van der Waals surface area contributed by atoms with Crippen molar-refractivity contribution < 1.29 is 19.1 Å². The van der Waals surface area contributed by atoms with E-state index in [1.165, 1.54) is 0 Å². The molecule has 0 atom stereocenters. The van der Waals surface area contributed by atoms with Crippen LogP contribution in [0.2, 0.25) is 5.02 Å². The number of hydrogen-bond donors (Lipinski definition) is 3. The number of halogens is 1. The number of aromatic nitrogens is 1. The van der Waals surface area contributed by atoms with Gasteiger partial charge in [0, 0.05) is 16.4 Å². The first-order valence-corrected chi connectivity index (χ1v) is 11.4. The van der Waals surface area contributed by atoms with Crippen molar-refractivity contribution in [2.75, 3.05) is 22.6 Å². The van der Waals surface area contributed by atoms with Crippen LogP contribution in [0.4, 0.5) is 21.3 Å². The molecule has 0 fully saturated rings. The Balaban J connectivity index is 1.58. The SMILES string of the molecule is CCCCOC(=O)c1ccc(NC(=O)c2sc(NC(=O)Nc3cccc(Cl)c3)nc2C)cc1. The predicted octanol–water partition coefficient (Wildman–Crippen LogP) is 5.96. The number of esters is 1. The highest BCUT2D eigenvalue weighted by atomic mass is 35.5. The summed E-state index contributed by atoms with van der Waals surface area (Å²) < 4.78 is 5.17. The lowest BCUT2D eigenvalue weighted by atomic mass is 10.2. The van der Waals surface area contributed by atoms with Crippen molar-refractivity contribution in [3.05, 3.63) is 69.7 Å². The molecule has 1 heterocycles. The number of rotatable bonds is 8. The van der Waals surface area contributed by atoms with Crippen molar-refractivity contribution in [3.63, 3.8) is 0 Å². The molecule has 0 bridgehead atoms. The summed E-state index contributed by atoms with van der Waals surface area (Å²) in [5.74, 6) is -0.766. The summed E-state index contributed by atoms with van der Waals surface area (Å²) in [5, 5.41) is 8.81. The highest BCUT2D eigenvalue weighted by molar-refractivity contribution is 7.17. The van der Waals surface area contributed by atoms with Crippen LogP contribution in [-0.4, -0.2) is 29.5 Å². The molecular weight excluding hydrogens is 464 g/mol. The maximum Gasteiger partial charge on any atom is 0.338 e. The highest BCUT2D eigenvalue weighted by Crippen LogP contribution is 2.24. The fourth-order valence-corrected chi connectivity index (χ4v) is 3.80. The van der Waals surface area contributed by atoms with Gasteiger partial charge in [-0.15, -0.1) is 0 Å². The van der Waals surface area contributed by atoms with Crippen molar-refractivity contribution in [2.24, 2.45) is 0 Å². The molecule has 33 heavy (non-hydrogen) atoms. The summed E-state index contributed by atoms with van der Waals surface area (Å²) >= 11 is 6.97. The largest absolute Gasteiger partial charge is 0.462 e. The van der Waals surface area contributed by atoms with E-state index in [0.717, 1.165) is 24.2 Å². The van der Waals surface area contributed by atoms with E-state index < -0.39 is 12.0 Å². The molecule has 0 aliphatic heterocycles. The minimum absolute atomic E-state index is 0.280. The van der Waals surface area contributed by atoms with E-state index in [1.807, 2.05) is 6.92 Å². The molecule has 3 amide bonds. The van der Waals surface area contributed by atoms with Gasteiger partial charge in [0.05, 0.1) is 17.9 Å². The van der Waals surface area contributed by atoms with E-state index in [-0.39, 0.29) is 11.0 Å². The van der Waals surface area contributed by atoms with Gasteiger partial charge >= 0.3 is 12.0 Å². The van der Waals surface area contributed by atoms with Gasteiger partial charge in [0.15, 0.2) is 5.13 Å². The summed E-state index contributed by atoms with van der Waals surface area (Å²) in [6, 6.07) is 12.7. The zero-order valence-electron chi connectivity index (χ0n) is 18.1. The Morgan fingerprint density at radius 1 is 1.03 bits per heavy atom. The lowest BCUT2D eigenvalue weighted by molar-refractivity contribution is 0.0499. The van der Waals surface area contributed by atoms with Gasteiger partial charge in [-0.2, -0.15) is 0 Å². The minimum Gasteiger partial charge on any atom is -0.462 e. The number of unbranched alkanes of at least 4 members (excludes halogenated alkanes) is 1. The van der Waals surface area contributed by atoms with Gasteiger partial charge in [0.2, 0.25) is 0 Å². The molecule has 0 spiro atoms. The zero-order chi connectivity index (χ0) is 23.8. The third kappa shape index (κ3) is 7.03. The Hall–Kier alpha value is -3.43. The third-order valence-electron chi connectivity index (χ3n) is 4.42. The van der Waals surface area contributed by atoms with Crippen LogP contribution in [0.3, 0.4) is 0 Å². The Morgan fingerprint density at radius 3 is 2.48 bits per heavy atom. The first-order valence-electron chi connectivity index (χ1n) is 10.2. The number of ether oxygens (including phenoxy) is 1. The Bertz CT molecular complexity index is 1150. The molecular formula is C23H23ClN4O4S. The molecule has 0 aliphatic rings. The minimum atomic E-state index is -0.501. The maximum atomic E-state index is 12.7. The zero-order valence-corrected chi connectivity index (χ0v) is 19.7. The lowest BCUT2D eigenvalue weighted by Gasteiger charge is -2.06. The van der Waals surface area contributed by atoms with Crippen LogP contribution < -0.4 is 16.0 Å². The Labute approximate surface area is 200 Å². The normalized spacial score (nSPS) is 10.4. The number of aryl methyl sites for hydroxylation is 1. The second-order valence-corrected chi connectivity index (χ2v) is 8.48. The van der Waals surface area contributed by atoms with Crippen molar-refractivity contribution >= 4 is 57.4 Å². The van der Waals surface area contributed by atoms with Gasteiger partial charge < -0.3 is 15.4 Å². The van der Waals surface area contributed by atoms with Gasteiger partial charge in [-0.05, 0) is 55.8 Å². The molecule has 0 unspecified atom stereocenters. The van der Waals surface area contributed by atoms with Gasteiger partial charge in [0.25, 0.3) is 5.91 Å². The summed E-state index contributed by atoms with van der Waals surface area (Å²) in [4.78, 5) is 41.5. The predicted molar refractivity (Wildman–Crippen MR) is 131 cm³/mol. The number of benzene rings is 2. The van der Waals surface area contributed by atoms with Crippen LogP contribution in [0.1, 0.15) is 45.5 Å². The van der Waals surface area contributed by atoms with E-state index in [9.17, 15) is 14.4 Å². The number of carbonyl (C=O) groups excluding carboxylic acids is 3. The molecule has 3 aromatic rings. The quantitative estimate of drug-likeness (QED) is 0.269. The molecule has 8 nitrogen and oxygen atoms in total. The molecule has 0 radical (unpaired) electrons. The van der Waals surface area contributed by atoms with Gasteiger partial charge in [-0.3, -0.25) is 10.1 Å². The standard InChI is InChI=1S/C23H23ClN4O4S/c1-3-4-12-32-21(30)15-8-10-17(11-9-15)26-20(29)19-14(2)25-23(33-19)28-22(31)27-18-7-5-6-16(24)13-18/h5-11,13H,3-4,12H2,1-2H3,(H,26,29)(H2,25,27,28,31). The first-order chi connectivity index (χ1) is 15.9. The van der Waals surface area contributed by atoms with Crippen LogP contribution in [-0.2, 0) is 4.74 Å². The summed E-state index contributed by atoms with van der Waals surface area (Å²) in [7, 11) is 0. The molecule has 1 aromatic heterocycles. The molecule has 0 saturated carbocycles. The number of urea groups is 1. The molecule has 0 saturated heterocycles. The van der Waals surface area contributed by atoms with Crippen molar-refractivity contribution in [1.82, 2.24) is 4.98 Å². The van der Waals surface area contributed by atoms with Gasteiger partial charge in [-0.25, -0.2) is 14.6 Å². The van der Waals surface area contributed by atoms with E-state index >= 15 is 0 Å². The van der Waals surface area contributed by atoms with Crippen LogP contribution in [0, 0.1) is 6.92 Å². The monoisotopic (exact) mass is 486 g/mol. The summed E-state index contributed by atoms with van der Waals surface area (Å²) in [6.45, 7) is 4.08. The van der Waals surface area contributed by atoms with E-state index in [0.29, 0.717) is 39.1 Å². The van der Waals surface area contributed by atoms with Gasteiger partial charge in [0.1, 0.15) is 4.88 Å². The first kappa shape index (κ1) is 24.2. The Morgan fingerprint density at radius 2 is 1.79 bits per heavy atom. The van der Waals surface area contributed by atoms with E-state index in [2.05, 4.69) is 20.9 Å². The number of nitrogens with one attached hydrogen (secondary N) is 3.